The average Bonchev–Trinajstić information content (AvgIpc) is 3.19. The van der Waals surface area contributed by atoms with Crippen molar-refractivity contribution in [3.05, 3.63) is 37.9 Å². The van der Waals surface area contributed by atoms with Crippen LogP contribution in [0.2, 0.25) is 10.0 Å². The molecular formula is C12H12Cl2N2O3S. The van der Waals surface area contributed by atoms with E-state index in [0.717, 1.165) is 18.9 Å². The number of carbonyl (C=O) groups is 1. The fourth-order valence-electron chi connectivity index (χ4n) is 1.77. The summed E-state index contributed by atoms with van der Waals surface area (Å²) in [7, 11) is 0. The van der Waals surface area contributed by atoms with Gasteiger partial charge < -0.3 is 5.32 Å². The van der Waals surface area contributed by atoms with E-state index in [9.17, 15) is 14.9 Å². The third-order valence-electron chi connectivity index (χ3n) is 3.28. The Kier molecular flexibility index (Phi) is 4.46. The van der Waals surface area contributed by atoms with E-state index in [1.807, 2.05) is 6.26 Å². The van der Waals surface area contributed by atoms with Crippen LogP contribution in [-0.2, 0) is 0 Å². The predicted molar refractivity (Wildman–Crippen MR) is 80.9 cm³/mol. The smallest absolute Gasteiger partial charge is 0.290 e. The molecule has 2 rings (SSSR count). The molecule has 20 heavy (non-hydrogen) atoms. The number of carbonyl (C=O) groups excluding carboxylic acids is 1. The summed E-state index contributed by atoms with van der Waals surface area (Å²) in [5, 5.41) is 13.5. The number of thioether (sulfide) groups is 1. The zero-order valence-corrected chi connectivity index (χ0v) is 12.9. The maximum atomic E-state index is 12.0. The molecule has 8 heteroatoms. The number of nitro benzene ring substituents is 1. The van der Waals surface area contributed by atoms with Gasteiger partial charge in [0.25, 0.3) is 11.6 Å². The molecule has 0 atom stereocenters. The van der Waals surface area contributed by atoms with Crippen molar-refractivity contribution in [2.45, 2.75) is 17.6 Å². The number of rotatable bonds is 5. The van der Waals surface area contributed by atoms with Crippen LogP contribution in [-0.4, -0.2) is 28.4 Å². The SMILES string of the molecule is CSC1(CNC(=O)c2cc(Cl)c(Cl)c([N+](=O)[O-])c2)CC1. The average molecular weight is 335 g/mol. The van der Waals surface area contributed by atoms with Crippen molar-refractivity contribution < 1.29 is 9.72 Å². The molecule has 0 bridgehead atoms. The van der Waals surface area contributed by atoms with Crippen molar-refractivity contribution in [3.63, 3.8) is 0 Å². The van der Waals surface area contributed by atoms with Crippen LogP contribution < -0.4 is 5.32 Å². The summed E-state index contributed by atoms with van der Waals surface area (Å²) in [6.45, 7) is 0.543. The lowest BCUT2D eigenvalue weighted by molar-refractivity contribution is -0.384. The minimum atomic E-state index is -0.657. The molecule has 0 spiro atoms. The van der Waals surface area contributed by atoms with Gasteiger partial charge in [0.2, 0.25) is 0 Å². The zero-order valence-electron chi connectivity index (χ0n) is 10.6. The van der Waals surface area contributed by atoms with Crippen LogP contribution in [0, 0.1) is 10.1 Å². The van der Waals surface area contributed by atoms with Gasteiger partial charge in [0.15, 0.2) is 0 Å². The number of benzene rings is 1. The molecule has 108 valence electrons. The molecule has 0 aliphatic heterocycles. The predicted octanol–water partition coefficient (Wildman–Crippen LogP) is 3.53. The van der Waals surface area contributed by atoms with Gasteiger partial charge in [-0.1, -0.05) is 23.2 Å². The Hall–Kier alpha value is -0.980. The van der Waals surface area contributed by atoms with Gasteiger partial charge in [0, 0.05) is 22.9 Å². The fraction of sp³-hybridized carbons (Fsp3) is 0.417. The third kappa shape index (κ3) is 3.19. The summed E-state index contributed by atoms with van der Waals surface area (Å²) in [6.07, 6.45) is 4.13. The normalized spacial score (nSPS) is 15.8. The maximum absolute atomic E-state index is 12.0. The number of nitrogens with zero attached hydrogens (tertiary/aromatic N) is 1. The van der Waals surface area contributed by atoms with Gasteiger partial charge in [0.05, 0.1) is 9.95 Å². The largest absolute Gasteiger partial charge is 0.351 e. The Morgan fingerprint density at radius 2 is 2.15 bits per heavy atom. The molecule has 0 heterocycles. The standard InChI is InChI=1S/C12H12Cl2N2O3S/c1-20-12(2-3-12)6-15-11(17)7-4-8(13)10(14)9(5-7)16(18)19/h4-5H,2-3,6H2,1H3,(H,15,17). The second-order valence-electron chi connectivity index (χ2n) is 4.62. The molecule has 1 amide bonds. The van der Waals surface area contributed by atoms with Crippen molar-refractivity contribution in [1.29, 1.82) is 0 Å². The quantitative estimate of drug-likeness (QED) is 0.660. The first-order chi connectivity index (χ1) is 9.38. The highest BCUT2D eigenvalue weighted by molar-refractivity contribution is 8.00. The van der Waals surface area contributed by atoms with Crippen molar-refractivity contribution >= 4 is 46.6 Å². The monoisotopic (exact) mass is 334 g/mol. The van der Waals surface area contributed by atoms with Crippen LogP contribution in [0.25, 0.3) is 0 Å². The van der Waals surface area contributed by atoms with Gasteiger partial charge in [0.1, 0.15) is 5.02 Å². The molecular weight excluding hydrogens is 323 g/mol. The molecule has 1 aliphatic carbocycles. The lowest BCUT2D eigenvalue weighted by atomic mass is 10.2. The van der Waals surface area contributed by atoms with Gasteiger partial charge in [-0.15, -0.1) is 0 Å². The molecule has 0 saturated heterocycles. The summed E-state index contributed by atoms with van der Waals surface area (Å²) < 4.78 is 0.123. The number of amides is 1. The Labute approximate surface area is 130 Å². The maximum Gasteiger partial charge on any atom is 0.290 e. The van der Waals surface area contributed by atoms with Gasteiger partial charge >= 0.3 is 0 Å². The molecule has 0 aromatic heterocycles. The Balaban J connectivity index is 2.15. The molecule has 1 fully saturated rings. The molecule has 1 aromatic rings. The number of halogens is 2. The molecule has 0 unspecified atom stereocenters. The van der Waals surface area contributed by atoms with E-state index in [1.165, 1.54) is 6.07 Å². The minimum Gasteiger partial charge on any atom is -0.351 e. The number of hydrogen-bond donors (Lipinski definition) is 1. The van der Waals surface area contributed by atoms with Crippen molar-refractivity contribution in [2.75, 3.05) is 12.8 Å². The number of nitrogens with one attached hydrogen (secondary N) is 1. The first-order valence-corrected chi connectivity index (χ1v) is 7.83. The molecule has 1 N–H and O–H groups in total. The van der Waals surface area contributed by atoms with Crippen LogP contribution >= 0.6 is 35.0 Å². The van der Waals surface area contributed by atoms with Crippen LogP contribution in [0.3, 0.4) is 0 Å². The molecule has 1 saturated carbocycles. The number of nitro groups is 1. The van der Waals surface area contributed by atoms with E-state index in [2.05, 4.69) is 5.32 Å². The Bertz CT molecular complexity index is 576. The van der Waals surface area contributed by atoms with Crippen LogP contribution in [0.5, 0.6) is 0 Å². The fourth-order valence-corrected chi connectivity index (χ4v) is 2.89. The highest BCUT2D eigenvalue weighted by Crippen LogP contribution is 2.46. The zero-order chi connectivity index (χ0) is 14.9. The van der Waals surface area contributed by atoms with E-state index in [4.69, 9.17) is 23.2 Å². The van der Waals surface area contributed by atoms with Crippen molar-refractivity contribution in [2.24, 2.45) is 0 Å². The van der Waals surface area contributed by atoms with E-state index in [-0.39, 0.29) is 32.0 Å². The molecule has 0 radical (unpaired) electrons. The lowest BCUT2D eigenvalue weighted by Crippen LogP contribution is -2.31. The highest BCUT2D eigenvalue weighted by atomic mass is 35.5. The minimum absolute atomic E-state index is 0.00276. The van der Waals surface area contributed by atoms with Crippen molar-refractivity contribution in [3.8, 4) is 0 Å². The van der Waals surface area contributed by atoms with Gasteiger partial charge in [-0.25, -0.2) is 0 Å². The van der Waals surface area contributed by atoms with E-state index in [1.54, 1.807) is 11.8 Å². The summed E-state index contributed by atoms with van der Waals surface area (Å²) in [5.41, 5.74) is -0.224. The first-order valence-electron chi connectivity index (χ1n) is 5.85. The second kappa shape index (κ2) is 5.79. The molecule has 1 aromatic carbocycles. The van der Waals surface area contributed by atoms with Crippen LogP contribution in [0.15, 0.2) is 12.1 Å². The van der Waals surface area contributed by atoms with Crippen molar-refractivity contribution in [1.82, 2.24) is 5.32 Å². The lowest BCUT2D eigenvalue weighted by Gasteiger charge is -2.13. The second-order valence-corrected chi connectivity index (χ2v) is 6.68. The summed E-state index contributed by atoms with van der Waals surface area (Å²) in [4.78, 5) is 22.2. The van der Waals surface area contributed by atoms with Crippen LogP contribution in [0.1, 0.15) is 23.2 Å². The first kappa shape index (κ1) is 15.4. The summed E-state index contributed by atoms with van der Waals surface area (Å²) >= 11 is 13.3. The topological polar surface area (TPSA) is 72.2 Å². The Morgan fingerprint density at radius 1 is 1.50 bits per heavy atom. The van der Waals surface area contributed by atoms with E-state index in [0.29, 0.717) is 6.54 Å². The van der Waals surface area contributed by atoms with Gasteiger partial charge in [-0.2, -0.15) is 11.8 Å². The molecule has 5 nitrogen and oxygen atoms in total. The van der Waals surface area contributed by atoms with Crippen LogP contribution in [0.4, 0.5) is 5.69 Å². The van der Waals surface area contributed by atoms with Gasteiger partial charge in [-0.3, -0.25) is 14.9 Å². The van der Waals surface area contributed by atoms with Gasteiger partial charge in [-0.05, 0) is 25.2 Å². The highest BCUT2D eigenvalue weighted by Gasteiger charge is 2.42. The third-order valence-corrected chi connectivity index (χ3v) is 5.49. The summed E-state index contributed by atoms with van der Waals surface area (Å²) in [5.74, 6) is -0.382. The molecule has 1 aliphatic rings. The summed E-state index contributed by atoms with van der Waals surface area (Å²) in [6, 6.07) is 2.48. The van der Waals surface area contributed by atoms with E-state index >= 15 is 0 Å². The number of hydrogen-bond acceptors (Lipinski definition) is 4. The van der Waals surface area contributed by atoms with E-state index < -0.39 is 4.92 Å². The Morgan fingerprint density at radius 3 is 2.65 bits per heavy atom.